The first-order valence-corrected chi connectivity index (χ1v) is 21.7. The predicted octanol–water partition coefficient (Wildman–Crippen LogP) is 13.4. The first-order chi connectivity index (χ1) is 29.2. The van der Waals surface area contributed by atoms with Crippen LogP contribution in [0.5, 0.6) is 0 Å². The summed E-state index contributed by atoms with van der Waals surface area (Å²) in [6.45, 7) is 0. The lowest BCUT2D eigenvalue weighted by molar-refractivity contribution is -0.0399. The molecule has 14 rings (SSSR count). The molecule has 1 unspecified atom stereocenters. The van der Waals surface area contributed by atoms with Crippen LogP contribution in [0.4, 0.5) is 0 Å². The molecule has 4 bridgehead atoms. The summed E-state index contributed by atoms with van der Waals surface area (Å²) in [6.07, 6.45) is 16.8. The molecule has 6 aromatic carbocycles. The van der Waals surface area contributed by atoms with Crippen molar-refractivity contribution >= 4 is 21.8 Å². The number of allylic oxidation sites excluding steroid dienone is 4. The molecule has 4 heteroatoms. The zero-order chi connectivity index (χ0) is 38.7. The molecule has 0 amide bonds. The Labute approximate surface area is 345 Å². The second-order valence-corrected chi connectivity index (χ2v) is 17.9. The van der Waals surface area contributed by atoms with Gasteiger partial charge in [0.15, 0.2) is 17.5 Å². The third-order valence-electron chi connectivity index (χ3n) is 15.0. The topological polar surface area (TPSA) is 43.6 Å². The maximum Gasteiger partial charge on any atom is 0.164 e. The quantitative estimate of drug-likeness (QED) is 0.175. The zero-order valence-corrected chi connectivity index (χ0v) is 33.0. The van der Waals surface area contributed by atoms with Gasteiger partial charge in [0.05, 0.1) is 11.6 Å². The van der Waals surface area contributed by atoms with Gasteiger partial charge in [-0.3, -0.25) is 0 Å². The van der Waals surface area contributed by atoms with Gasteiger partial charge in [0.25, 0.3) is 0 Å². The second kappa shape index (κ2) is 12.8. The van der Waals surface area contributed by atoms with Crippen LogP contribution in [-0.4, -0.2) is 19.5 Å². The van der Waals surface area contributed by atoms with E-state index in [2.05, 4.69) is 168 Å². The van der Waals surface area contributed by atoms with Crippen LogP contribution in [0.15, 0.2) is 164 Å². The van der Waals surface area contributed by atoms with E-state index in [1.807, 2.05) is 0 Å². The third kappa shape index (κ3) is 4.92. The van der Waals surface area contributed by atoms with E-state index < -0.39 is 0 Å². The molecule has 0 saturated heterocycles. The fourth-order valence-corrected chi connectivity index (χ4v) is 12.8. The van der Waals surface area contributed by atoms with Crippen LogP contribution in [0.3, 0.4) is 0 Å². The van der Waals surface area contributed by atoms with Crippen molar-refractivity contribution in [3.63, 3.8) is 0 Å². The molecule has 4 nitrogen and oxygen atoms in total. The number of benzene rings is 6. The summed E-state index contributed by atoms with van der Waals surface area (Å²) in [5.41, 5.74) is 13.9. The lowest BCUT2D eigenvalue weighted by Crippen LogP contribution is -2.55. The molecule has 2 heterocycles. The molecule has 0 N–H and O–H groups in total. The van der Waals surface area contributed by atoms with Gasteiger partial charge in [-0.2, -0.15) is 0 Å². The lowest BCUT2D eigenvalue weighted by Gasteiger charge is -2.61. The minimum absolute atomic E-state index is 0.0881. The molecule has 2 aromatic heterocycles. The fourth-order valence-electron chi connectivity index (χ4n) is 12.8. The Hall–Kier alpha value is -6.39. The van der Waals surface area contributed by atoms with Crippen LogP contribution in [0.1, 0.15) is 55.7 Å². The highest BCUT2D eigenvalue weighted by Crippen LogP contribution is 2.70. The maximum absolute atomic E-state index is 5.37. The van der Waals surface area contributed by atoms with Crippen LogP contribution in [0.2, 0.25) is 0 Å². The summed E-state index contributed by atoms with van der Waals surface area (Å²) < 4.78 is 2.52. The SMILES string of the molecule is C1=CCC(n2c3ccccc3c3ccc(-c4ccc(-c5nc(-c6ccccc6)nc(-c6cccc7c6-c6ccccc6C76C7CC8CC(C7)CC6C8)n5)cc4)cc32)C=C1. The van der Waals surface area contributed by atoms with Gasteiger partial charge in [-0.15, -0.1) is 0 Å². The number of nitrogens with zero attached hydrogens (tertiary/aromatic N) is 4. The third-order valence-corrected chi connectivity index (χ3v) is 15.0. The van der Waals surface area contributed by atoms with E-state index in [9.17, 15) is 0 Å². The molecule has 1 spiro atoms. The van der Waals surface area contributed by atoms with Crippen molar-refractivity contribution in [3.8, 4) is 56.4 Å². The number of fused-ring (bicyclic) bond motifs is 6. The van der Waals surface area contributed by atoms with Gasteiger partial charge in [0, 0.05) is 38.4 Å². The second-order valence-electron chi connectivity index (χ2n) is 17.9. The number of aromatic nitrogens is 4. The summed E-state index contributed by atoms with van der Waals surface area (Å²) in [4.78, 5) is 15.8. The van der Waals surface area contributed by atoms with Crippen molar-refractivity contribution in [1.82, 2.24) is 19.5 Å². The van der Waals surface area contributed by atoms with E-state index in [4.69, 9.17) is 15.0 Å². The van der Waals surface area contributed by atoms with Crippen molar-refractivity contribution in [2.24, 2.45) is 23.7 Å². The highest BCUT2D eigenvalue weighted by Gasteiger charge is 2.61. The molecule has 6 aliphatic rings. The monoisotopic (exact) mass is 760 g/mol. The van der Waals surface area contributed by atoms with Crippen molar-refractivity contribution in [2.75, 3.05) is 0 Å². The Morgan fingerprint density at radius 2 is 1.10 bits per heavy atom. The van der Waals surface area contributed by atoms with Gasteiger partial charge in [0.1, 0.15) is 0 Å². The summed E-state index contributed by atoms with van der Waals surface area (Å²) in [6, 6.07) is 51.6. The molecule has 4 saturated carbocycles. The van der Waals surface area contributed by atoms with Gasteiger partial charge in [-0.05, 0) is 108 Å². The minimum Gasteiger partial charge on any atom is -0.333 e. The van der Waals surface area contributed by atoms with E-state index in [-0.39, 0.29) is 11.5 Å². The minimum atomic E-state index is 0.0881. The number of para-hydroxylation sites is 1. The molecular formula is C55H44N4. The molecule has 0 aliphatic heterocycles. The Kier molecular flexibility index (Phi) is 7.28. The number of rotatable bonds is 5. The van der Waals surface area contributed by atoms with Gasteiger partial charge in [-0.1, -0.05) is 152 Å². The highest BCUT2D eigenvalue weighted by atomic mass is 15.0. The first-order valence-electron chi connectivity index (χ1n) is 21.7. The maximum atomic E-state index is 5.37. The summed E-state index contributed by atoms with van der Waals surface area (Å²) >= 11 is 0. The summed E-state index contributed by atoms with van der Waals surface area (Å²) in [5.74, 6) is 5.35. The molecule has 284 valence electrons. The van der Waals surface area contributed by atoms with Gasteiger partial charge in [0.2, 0.25) is 0 Å². The molecule has 59 heavy (non-hydrogen) atoms. The Morgan fingerprint density at radius 1 is 0.475 bits per heavy atom. The van der Waals surface area contributed by atoms with Crippen molar-refractivity contribution in [1.29, 1.82) is 0 Å². The predicted molar refractivity (Wildman–Crippen MR) is 240 cm³/mol. The Bertz CT molecular complexity index is 3010. The molecule has 8 aromatic rings. The number of hydrogen-bond acceptors (Lipinski definition) is 3. The Morgan fingerprint density at radius 3 is 1.88 bits per heavy atom. The molecule has 1 atom stereocenters. The molecule has 0 radical (unpaired) electrons. The van der Waals surface area contributed by atoms with Crippen LogP contribution < -0.4 is 0 Å². The average molecular weight is 761 g/mol. The molecular weight excluding hydrogens is 717 g/mol. The van der Waals surface area contributed by atoms with Crippen LogP contribution in [-0.2, 0) is 5.41 Å². The van der Waals surface area contributed by atoms with E-state index in [1.54, 1.807) is 5.56 Å². The van der Waals surface area contributed by atoms with Crippen molar-refractivity contribution in [2.45, 2.75) is 50.0 Å². The van der Waals surface area contributed by atoms with E-state index in [0.717, 1.165) is 40.8 Å². The van der Waals surface area contributed by atoms with Gasteiger partial charge >= 0.3 is 0 Å². The molecule has 6 aliphatic carbocycles. The highest BCUT2D eigenvalue weighted by molar-refractivity contribution is 6.09. The van der Waals surface area contributed by atoms with E-state index in [1.165, 1.54) is 81.7 Å². The normalized spacial score (nSPS) is 24.6. The lowest BCUT2D eigenvalue weighted by atomic mass is 9.43. The van der Waals surface area contributed by atoms with E-state index >= 15 is 0 Å². The van der Waals surface area contributed by atoms with Crippen LogP contribution >= 0.6 is 0 Å². The van der Waals surface area contributed by atoms with Crippen molar-refractivity contribution < 1.29 is 0 Å². The van der Waals surface area contributed by atoms with E-state index in [0.29, 0.717) is 23.5 Å². The van der Waals surface area contributed by atoms with Crippen LogP contribution in [0.25, 0.3) is 78.2 Å². The average Bonchev–Trinajstić information content (AvgIpc) is 3.79. The number of hydrogen-bond donors (Lipinski definition) is 0. The standard InChI is InChI=1S/C55H44N4/c1-3-12-37(13-4-1)52-56-53(38-24-22-36(23-25-38)39-26-27-44-43-16-8-10-21-49(43)59(50(44)33-39)42-14-5-2-6-15-42)58-54(57-52)46-18-11-20-48-51(46)45-17-7-9-19-47(45)55(48)40-29-34-28-35(31-40)32-41(55)30-34/h1-14,16-27,33-35,40-42H,15,28-32H2. The largest absolute Gasteiger partial charge is 0.333 e. The smallest absolute Gasteiger partial charge is 0.164 e. The first kappa shape index (κ1) is 33.6. The Balaban J connectivity index is 0.935. The van der Waals surface area contributed by atoms with Crippen LogP contribution in [0, 0.1) is 23.7 Å². The van der Waals surface area contributed by atoms with Gasteiger partial charge < -0.3 is 4.57 Å². The fraction of sp³-hybridized carbons (Fsp3) is 0.218. The summed E-state index contributed by atoms with van der Waals surface area (Å²) in [7, 11) is 0. The summed E-state index contributed by atoms with van der Waals surface area (Å²) in [5, 5.41) is 2.59. The molecule has 4 fully saturated rings. The van der Waals surface area contributed by atoms with Gasteiger partial charge in [-0.25, -0.2) is 15.0 Å². The van der Waals surface area contributed by atoms with Crippen molar-refractivity contribution in [3.05, 3.63) is 175 Å². The zero-order valence-electron chi connectivity index (χ0n) is 33.0.